The van der Waals surface area contributed by atoms with Crippen molar-refractivity contribution in [2.75, 3.05) is 26.7 Å². The second-order valence-corrected chi connectivity index (χ2v) is 7.97. The first kappa shape index (κ1) is 20.2. The fourth-order valence-corrected chi connectivity index (χ4v) is 4.25. The quantitative estimate of drug-likeness (QED) is 0.486. The number of nitrogens with zero attached hydrogens (tertiary/aromatic N) is 4. The van der Waals surface area contributed by atoms with Gasteiger partial charge in [0.05, 0.1) is 0 Å². The van der Waals surface area contributed by atoms with Gasteiger partial charge in [0.25, 0.3) is 0 Å². The Labute approximate surface area is 179 Å². The summed E-state index contributed by atoms with van der Waals surface area (Å²) in [6.45, 7) is 3.83. The molecular formula is C25H31N5. The molecule has 1 aliphatic rings. The van der Waals surface area contributed by atoms with Crippen molar-refractivity contribution in [2.24, 2.45) is 10.9 Å². The molecule has 156 valence electrons. The van der Waals surface area contributed by atoms with Crippen LogP contribution in [0.25, 0.3) is 0 Å². The largest absolute Gasteiger partial charge is 0.356 e. The van der Waals surface area contributed by atoms with Crippen LogP contribution >= 0.6 is 0 Å². The van der Waals surface area contributed by atoms with E-state index in [0.29, 0.717) is 5.92 Å². The van der Waals surface area contributed by atoms with E-state index in [1.807, 2.05) is 13.2 Å². The summed E-state index contributed by atoms with van der Waals surface area (Å²) in [5.41, 5.74) is 2.72. The first-order chi connectivity index (χ1) is 14.8. The molecule has 3 aromatic rings. The summed E-state index contributed by atoms with van der Waals surface area (Å²) in [5, 5.41) is 3.55. The Morgan fingerprint density at radius 1 is 1.07 bits per heavy atom. The maximum Gasteiger partial charge on any atom is 0.193 e. The Kier molecular flexibility index (Phi) is 6.80. The molecule has 1 atom stereocenters. The van der Waals surface area contributed by atoms with Crippen molar-refractivity contribution in [3.8, 4) is 0 Å². The maximum atomic E-state index is 4.56. The minimum Gasteiger partial charge on any atom is -0.356 e. The van der Waals surface area contributed by atoms with E-state index in [9.17, 15) is 0 Å². The second kappa shape index (κ2) is 10.1. The highest BCUT2D eigenvalue weighted by Gasteiger charge is 2.24. The molecule has 0 aliphatic carbocycles. The van der Waals surface area contributed by atoms with Gasteiger partial charge in [-0.05, 0) is 29.9 Å². The summed E-state index contributed by atoms with van der Waals surface area (Å²) in [7, 11) is 1.88. The third kappa shape index (κ3) is 5.29. The minimum atomic E-state index is 0.690. The number of imidazole rings is 1. The highest BCUT2D eigenvalue weighted by Crippen LogP contribution is 2.20. The number of aromatic nitrogens is 2. The molecule has 1 saturated heterocycles. The zero-order valence-electron chi connectivity index (χ0n) is 17.7. The molecule has 2 aromatic carbocycles. The fourth-order valence-electron chi connectivity index (χ4n) is 4.25. The van der Waals surface area contributed by atoms with Crippen molar-refractivity contribution in [2.45, 2.75) is 25.8 Å². The summed E-state index contributed by atoms with van der Waals surface area (Å²) in [4.78, 5) is 11.5. The van der Waals surface area contributed by atoms with Crippen molar-refractivity contribution in [3.63, 3.8) is 0 Å². The Balaban J connectivity index is 1.26. The van der Waals surface area contributed by atoms with Crippen LogP contribution in [0.5, 0.6) is 0 Å². The van der Waals surface area contributed by atoms with Gasteiger partial charge in [-0.15, -0.1) is 0 Å². The molecule has 1 aromatic heterocycles. The van der Waals surface area contributed by atoms with E-state index < -0.39 is 0 Å². The Hall–Kier alpha value is -3.08. The van der Waals surface area contributed by atoms with Crippen LogP contribution < -0.4 is 5.32 Å². The molecule has 2 heterocycles. The van der Waals surface area contributed by atoms with E-state index in [2.05, 4.69) is 91.6 Å². The van der Waals surface area contributed by atoms with E-state index in [-0.39, 0.29) is 0 Å². The summed E-state index contributed by atoms with van der Waals surface area (Å²) in [6, 6.07) is 21.3. The molecule has 1 N–H and O–H groups in total. The lowest BCUT2D eigenvalue weighted by Gasteiger charge is -2.22. The topological polar surface area (TPSA) is 45.5 Å². The van der Waals surface area contributed by atoms with E-state index in [4.69, 9.17) is 0 Å². The maximum absolute atomic E-state index is 4.56. The Bertz CT molecular complexity index is 932. The molecule has 5 heteroatoms. The molecule has 1 unspecified atom stereocenters. The summed E-state index contributed by atoms with van der Waals surface area (Å²) >= 11 is 0. The third-order valence-electron chi connectivity index (χ3n) is 5.79. The van der Waals surface area contributed by atoms with Crippen LogP contribution in [0.1, 0.15) is 23.4 Å². The lowest BCUT2D eigenvalue weighted by molar-refractivity contribution is 0.459. The number of hydrogen-bond donors (Lipinski definition) is 1. The molecule has 4 rings (SSSR count). The third-order valence-corrected chi connectivity index (χ3v) is 5.79. The number of rotatable bonds is 7. The lowest BCUT2D eigenvalue weighted by Crippen LogP contribution is -2.41. The van der Waals surface area contributed by atoms with Crippen LogP contribution in [0.4, 0.5) is 0 Å². The first-order valence-corrected chi connectivity index (χ1v) is 10.9. The van der Waals surface area contributed by atoms with Gasteiger partial charge in [0.2, 0.25) is 0 Å². The number of benzene rings is 2. The monoisotopic (exact) mass is 401 g/mol. The number of likely N-dealkylation sites (tertiary alicyclic amines) is 1. The van der Waals surface area contributed by atoms with E-state index in [1.54, 1.807) is 0 Å². The molecule has 0 saturated carbocycles. The second-order valence-electron chi connectivity index (χ2n) is 7.97. The van der Waals surface area contributed by atoms with Crippen molar-refractivity contribution < 1.29 is 0 Å². The summed E-state index contributed by atoms with van der Waals surface area (Å²) < 4.78 is 2.23. The molecular weight excluding hydrogens is 370 g/mol. The van der Waals surface area contributed by atoms with Gasteiger partial charge >= 0.3 is 0 Å². The van der Waals surface area contributed by atoms with Crippen molar-refractivity contribution >= 4 is 5.96 Å². The molecule has 0 amide bonds. The van der Waals surface area contributed by atoms with Crippen molar-refractivity contribution in [1.82, 2.24) is 19.8 Å². The van der Waals surface area contributed by atoms with Gasteiger partial charge < -0.3 is 14.8 Å². The highest BCUT2D eigenvalue weighted by atomic mass is 15.3. The van der Waals surface area contributed by atoms with Gasteiger partial charge in [0.15, 0.2) is 5.96 Å². The molecule has 1 fully saturated rings. The van der Waals surface area contributed by atoms with Crippen LogP contribution in [-0.2, 0) is 19.4 Å². The molecule has 0 radical (unpaired) electrons. The normalized spacial score (nSPS) is 16.8. The van der Waals surface area contributed by atoms with Crippen LogP contribution in [0.2, 0.25) is 0 Å². The Morgan fingerprint density at radius 3 is 2.53 bits per heavy atom. The zero-order valence-corrected chi connectivity index (χ0v) is 17.7. The van der Waals surface area contributed by atoms with Crippen LogP contribution in [-0.4, -0.2) is 47.1 Å². The van der Waals surface area contributed by atoms with E-state index in [0.717, 1.165) is 50.8 Å². The average Bonchev–Trinajstić information content (AvgIpc) is 3.42. The molecule has 5 nitrogen and oxygen atoms in total. The predicted octanol–water partition coefficient (Wildman–Crippen LogP) is 3.61. The fraction of sp³-hybridized carbons (Fsp3) is 0.360. The lowest BCUT2D eigenvalue weighted by atomic mass is 9.99. The number of guanidine groups is 1. The molecule has 30 heavy (non-hydrogen) atoms. The first-order valence-electron chi connectivity index (χ1n) is 10.9. The van der Waals surface area contributed by atoms with Gasteiger partial charge in [-0.1, -0.05) is 60.7 Å². The van der Waals surface area contributed by atoms with Crippen LogP contribution in [0, 0.1) is 5.92 Å². The average molecular weight is 402 g/mol. The SMILES string of the molecule is CN=C(NCCc1nccn1Cc1ccccc1)N1CCC(Cc2ccccc2)C1. The van der Waals surface area contributed by atoms with Gasteiger partial charge in [-0.2, -0.15) is 0 Å². The standard InChI is InChI=1S/C25H31N5/c1-26-25(30-16-13-23(20-30)18-21-8-4-2-5-9-21)28-14-12-24-27-15-17-29(24)19-22-10-6-3-7-11-22/h2-11,15,17,23H,12-14,16,18-20H2,1H3,(H,26,28). The van der Waals surface area contributed by atoms with Gasteiger partial charge in [0, 0.05) is 52.0 Å². The van der Waals surface area contributed by atoms with Gasteiger partial charge in [-0.25, -0.2) is 4.98 Å². The van der Waals surface area contributed by atoms with Crippen LogP contribution in [0.15, 0.2) is 78.0 Å². The molecule has 0 bridgehead atoms. The zero-order chi connectivity index (χ0) is 20.6. The van der Waals surface area contributed by atoms with E-state index >= 15 is 0 Å². The molecule has 1 aliphatic heterocycles. The summed E-state index contributed by atoms with van der Waals surface area (Å²) in [6.07, 6.45) is 7.19. The number of nitrogens with one attached hydrogen (secondary N) is 1. The minimum absolute atomic E-state index is 0.690. The van der Waals surface area contributed by atoms with Gasteiger partial charge in [-0.3, -0.25) is 4.99 Å². The van der Waals surface area contributed by atoms with Crippen LogP contribution in [0.3, 0.4) is 0 Å². The number of aliphatic imine (C=N–C) groups is 1. The summed E-state index contributed by atoms with van der Waals surface area (Å²) in [5.74, 6) is 2.80. The van der Waals surface area contributed by atoms with Crippen molar-refractivity contribution in [3.05, 3.63) is 90.0 Å². The highest BCUT2D eigenvalue weighted by molar-refractivity contribution is 5.80. The predicted molar refractivity (Wildman–Crippen MR) is 123 cm³/mol. The van der Waals surface area contributed by atoms with Crippen molar-refractivity contribution in [1.29, 1.82) is 0 Å². The van der Waals surface area contributed by atoms with E-state index in [1.165, 1.54) is 17.5 Å². The number of hydrogen-bond acceptors (Lipinski definition) is 2. The van der Waals surface area contributed by atoms with Gasteiger partial charge in [0.1, 0.15) is 5.82 Å². The molecule has 0 spiro atoms. The smallest absolute Gasteiger partial charge is 0.193 e. The Morgan fingerprint density at radius 2 is 1.80 bits per heavy atom.